The first kappa shape index (κ1) is 13.6. The first-order chi connectivity index (χ1) is 9.28. The van der Waals surface area contributed by atoms with Crippen molar-refractivity contribution in [2.45, 2.75) is 25.4 Å². The molecule has 4 heteroatoms. The van der Waals surface area contributed by atoms with E-state index in [9.17, 15) is 4.79 Å². The van der Waals surface area contributed by atoms with Gasteiger partial charge in [-0.05, 0) is 30.5 Å². The number of carbonyl (C=O) groups is 1. The SMILES string of the molecule is C=CCOc1ccc(CNCC(=O)NC2CC2)cc1. The zero-order valence-corrected chi connectivity index (χ0v) is 11.0. The Morgan fingerprint density at radius 2 is 2.11 bits per heavy atom. The Labute approximate surface area is 113 Å². The Bertz CT molecular complexity index is 424. The van der Waals surface area contributed by atoms with Crippen LogP contribution < -0.4 is 15.4 Å². The van der Waals surface area contributed by atoms with Crippen molar-refractivity contribution < 1.29 is 9.53 Å². The molecular weight excluding hydrogens is 240 g/mol. The van der Waals surface area contributed by atoms with Crippen LogP contribution in [0.2, 0.25) is 0 Å². The van der Waals surface area contributed by atoms with Gasteiger partial charge in [-0.2, -0.15) is 0 Å². The lowest BCUT2D eigenvalue weighted by Crippen LogP contribution is -2.34. The molecule has 2 rings (SSSR count). The van der Waals surface area contributed by atoms with Crippen LogP contribution >= 0.6 is 0 Å². The van der Waals surface area contributed by atoms with Gasteiger partial charge in [0.2, 0.25) is 5.91 Å². The number of benzene rings is 1. The van der Waals surface area contributed by atoms with Crippen LogP contribution in [-0.2, 0) is 11.3 Å². The highest BCUT2D eigenvalue weighted by Gasteiger charge is 2.22. The molecule has 0 heterocycles. The zero-order valence-electron chi connectivity index (χ0n) is 11.0. The molecular formula is C15H20N2O2. The van der Waals surface area contributed by atoms with Gasteiger partial charge < -0.3 is 15.4 Å². The lowest BCUT2D eigenvalue weighted by Gasteiger charge is -2.07. The van der Waals surface area contributed by atoms with E-state index in [4.69, 9.17) is 4.74 Å². The Hall–Kier alpha value is -1.81. The summed E-state index contributed by atoms with van der Waals surface area (Å²) in [5, 5.41) is 6.07. The van der Waals surface area contributed by atoms with Gasteiger partial charge in [0, 0.05) is 12.6 Å². The molecule has 0 spiro atoms. The average Bonchev–Trinajstić information content (AvgIpc) is 3.22. The molecule has 0 atom stereocenters. The van der Waals surface area contributed by atoms with Crippen molar-refractivity contribution in [2.24, 2.45) is 0 Å². The van der Waals surface area contributed by atoms with Gasteiger partial charge in [0.05, 0.1) is 6.54 Å². The molecule has 0 aliphatic heterocycles. The first-order valence-electron chi connectivity index (χ1n) is 6.60. The summed E-state index contributed by atoms with van der Waals surface area (Å²) in [5.41, 5.74) is 1.13. The molecule has 0 bridgehead atoms. The Balaban J connectivity index is 1.67. The van der Waals surface area contributed by atoms with Crippen molar-refractivity contribution in [3.8, 4) is 5.75 Å². The smallest absolute Gasteiger partial charge is 0.234 e. The molecule has 0 aromatic heterocycles. The summed E-state index contributed by atoms with van der Waals surface area (Å²) in [4.78, 5) is 11.5. The Morgan fingerprint density at radius 3 is 2.74 bits per heavy atom. The molecule has 102 valence electrons. The topological polar surface area (TPSA) is 50.4 Å². The summed E-state index contributed by atoms with van der Waals surface area (Å²) in [6.45, 7) is 5.16. The molecule has 1 aromatic rings. The average molecular weight is 260 g/mol. The van der Waals surface area contributed by atoms with Gasteiger partial charge in [-0.25, -0.2) is 0 Å². The third-order valence-electron chi connectivity index (χ3n) is 2.85. The van der Waals surface area contributed by atoms with Crippen LogP contribution in [0.3, 0.4) is 0 Å². The van der Waals surface area contributed by atoms with E-state index in [0.717, 1.165) is 24.2 Å². The van der Waals surface area contributed by atoms with E-state index >= 15 is 0 Å². The number of hydrogen-bond acceptors (Lipinski definition) is 3. The number of carbonyl (C=O) groups excluding carboxylic acids is 1. The van der Waals surface area contributed by atoms with Crippen molar-refractivity contribution >= 4 is 5.91 Å². The largest absolute Gasteiger partial charge is 0.490 e. The highest BCUT2D eigenvalue weighted by Crippen LogP contribution is 2.18. The van der Waals surface area contributed by atoms with Crippen LogP contribution in [0.25, 0.3) is 0 Å². The molecule has 1 aliphatic carbocycles. The molecule has 0 radical (unpaired) electrons. The second-order valence-corrected chi connectivity index (χ2v) is 4.69. The quantitative estimate of drug-likeness (QED) is 0.698. The van der Waals surface area contributed by atoms with Gasteiger partial charge in [0.25, 0.3) is 0 Å². The fraction of sp³-hybridized carbons (Fsp3) is 0.400. The van der Waals surface area contributed by atoms with Gasteiger partial charge in [0.1, 0.15) is 12.4 Å². The van der Waals surface area contributed by atoms with Gasteiger partial charge >= 0.3 is 0 Å². The maximum Gasteiger partial charge on any atom is 0.234 e. The maximum atomic E-state index is 11.5. The fourth-order valence-corrected chi connectivity index (χ4v) is 1.69. The van der Waals surface area contributed by atoms with Crippen LogP contribution in [-0.4, -0.2) is 25.1 Å². The molecule has 1 aromatic carbocycles. The second kappa shape index (κ2) is 6.95. The molecule has 1 fully saturated rings. The van der Waals surface area contributed by atoms with Crippen LogP contribution in [0, 0.1) is 0 Å². The number of nitrogens with one attached hydrogen (secondary N) is 2. The molecule has 0 unspecified atom stereocenters. The fourth-order valence-electron chi connectivity index (χ4n) is 1.69. The summed E-state index contributed by atoms with van der Waals surface area (Å²) in [6.07, 6.45) is 3.96. The number of rotatable bonds is 8. The lowest BCUT2D eigenvalue weighted by molar-refractivity contribution is -0.120. The molecule has 2 N–H and O–H groups in total. The van der Waals surface area contributed by atoms with E-state index in [1.165, 1.54) is 0 Å². The first-order valence-corrected chi connectivity index (χ1v) is 6.60. The standard InChI is InChI=1S/C15H20N2O2/c1-2-9-19-14-7-3-12(4-8-14)10-16-11-15(18)17-13-5-6-13/h2-4,7-8,13,16H,1,5-6,9-11H2,(H,17,18). The number of amides is 1. The third-order valence-corrected chi connectivity index (χ3v) is 2.85. The van der Waals surface area contributed by atoms with Crippen molar-refractivity contribution in [2.75, 3.05) is 13.2 Å². The molecule has 1 aliphatic rings. The third kappa shape index (κ3) is 5.14. The molecule has 1 saturated carbocycles. The minimum absolute atomic E-state index is 0.0773. The van der Waals surface area contributed by atoms with E-state index in [2.05, 4.69) is 17.2 Å². The zero-order chi connectivity index (χ0) is 13.5. The summed E-state index contributed by atoms with van der Waals surface area (Å²) >= 11 is 0. The Kier molecular flexibility index (Phi) is 4.98. The summed E-state index contributed by atoms with van der Waals surface area (Å²) in [5.74, 6) is 0.906. The van der Waals surface area contributed by atoms with Crippen LogP contribution in [0.1, 0.15) is 18.4 Å². The molecule has 0 saturated heterocycles. The number of hydrogen-bond donors (Lipinski definition) is 2. The monoisotopic (exact) mass is 260 g/mol. The predicted molar refractivity (Wildman–Crippen MR) is 75.0 cm³/mol. The normalized spacial score (nSPS) is 13.9. The van der Waals surface area contributed by atoms with Crippen LogP contribution in [0.4, 0.5) is 0 Å². The van der Waals surface area contributed by atoms with E-state index < -0.39 is 0 Å². The molecule has 19 heavy (non-hydrogen) atoms. The minimum Gasteiger partial charge on any atom is -0.490 e. The Morgan fingerprint density at radius 1 is 1.37 bits per heavy atom. The minimum atomic E-state index is 0.0773. The van der Waals surface area contributed by atoms with Crippen LogP contribution in [0.15, 0.2) is 36.9 Å². The highest BCUT2D eigenvalue weighted by atomic mass is 16.5. The van der Waals surface area contributed by atoms with E-state index in [0.29, 0.717) is 25.7 Å². The van der Waals surface area contributed by atoms with Crippen molar-refractivity contribution in [1.29, 1.82) is 0 Å². The summed E-state index contributed by atoms with van der Waals surface area (Å²) < 4.78 is 5.40. The van der Waals surface area contributed by atoms with Gasteiger partial charge in [-0.1, -0.05) is 24.8 Å². The van der Waals surface area contributed by atoms with Gasteiger partial charge in [-0.15, -0.1) is 0 Å². The summed E-state index contributed by atoms with van der Waals surface area (Å²) in [7, 11) is 0. The van der Waals surface area contributed by atoms with Crippen molar-refractivity contribution in [3.05, 3.63) is 42.5 Å². The van der Waals surface area contributed by atoms with Gasteiger partial charge in [0.15, 0.2) is 0 Å². The number of ether oxygens (including phenoxy) is 1. The molecule has 4 nitrogen and oxygen atoms in total. The van der Waals surface area contributed by atoms with Crippen LogP contribution in [0.5, 0.6) is 5.75 Å². The predicted octanol–water partition coefficient (Wildman–Crippen LogP) is 1.62. The van der Waals surface area contributed by atoms with E-state index in [-0.39, 0.29) is 5.91 Å². The summed E-state index contributed by atoms with van der Waals surface area (Å²) in [6, 6.07) is 8.25. The highest BCUT2D eigenvalue weighted by molar-refractivity contribution is 5.78. The van der Waals surface area contributed by atoms with Crippen molar-refractivity contribution in [1.82, 2.24) is 10.6 Å². The van der Waals surface area contributed by atoms with Gasteiger partial charge in [-0.3, -0.25) is 4.79 Å². The molecule has 1 amide bonds. The van der Waals surface area contributed by atoms with Crippen molar-refractivity contribution in [3.63, 3.8) is 0 Å². The second-order valence-electron chi connectivity index (χ2n) is 4.69. The lowest BCUT2D eigenvalue weighted by atomic mass is 10.2. The van der Waals surface area contributed by atoms with E-state index in [1.54, 1.807) is 6.08 Å². The van der Waals surface area contributed by atoms with E-state index in [1.807, 2.05) is 24.3 Å². The maximum absolute atomic E-state index is 11.5.